The van der Waals surface area contributed by atoms with Gasteiger partial charge in [0.1, 0.15) is 5.75 Å². The number of nitrogens with one attached hydrogen (secondary N) is 1. The number of aryl methyl sites for hydroxylation is 2. The summed E-state index contributed by atoms with van der Waals surface area (Å²) in [4.78, 5) is 0. The second kappa shape index (κ2) is 6.97. The largest absolute Gasteiger partial charge is 0.495 e. The minimum Gasteiger partial charge on any atom is -0.495 e. The number of rotatable bonds is 5. The standard InChI is InChI=1S/C18H22ClNO/c1-5-20-18(14-7-6-12(2)13(3)10-14)15-8-9-17(21-4)16(19)11-15/h6-11,18,20H,5H2,1-4H3. The Morgan fingerprint density at radius 1 is 1.05 bits per heavy atom. The fourth-order valence-electron chi connectivity index (χ4n) is 2.44. The maximum atomic E-state index is 6.26. The van der Waals surface area contributed by atoms with Crippen LogP contribution in [0.25, 0.3) is 0 Å². The molecule has 0 amide bonds. The molecule has 0 spiro atoms. The van der Waals surface area contributed by atoms with Crippen LogP contribution < -0.4 is 10.1 Å². The molecule has 2 aromatic rings. The van der Waals surface area contributed by atoms with Gasteiger partial charge in [-0.05, 0) is 54.8 Å². The van der Waals surface area contributed by atoms with E-state index in [2.05, 4.69) is 50.4 Å². The van der Waals surface area contributed by atoms with E-state index < -0.39 is 0 Å². The van der Waals surface area contributed by atoms with Crippen LogP contribution in [0.1, 0.15) is 35.2 Å². The molecule has 112 valence electrons. The fraction of sp³-hybridized carbons (Fsp3) is 0.333. The molecule has 2 nitrogen and oxygen atoms in total. The van der Waals surface area contributed by atoms with Crippen molar-refractivity contribution in [1.29, 1.82) is 0 Å². The zero-order chi connectivity index (χ0) is 15.4. The van der Waals surface area contributed by atoms with E-state index in [4.69, 9.17) is 16.3 Å². The average molecular weight is 304 g/mol. The van der Waals surface area contributed by atoms with Crippen molar-refractivity contribution >= 4 is 11.6 Å². The zero-order valence-electron chi connectivity index (χ0n) is 13.0. The molecule has 0 aliphatic carbocycles. The van der Waals surface area contributed by atoms with Gasteiger partial charge in [0.2, 0.25) is 0 Å². The molecule has 2 rings (SSSR count). The molecule has 3 heteroatoms. The molecule has 0 fully saturated rings. The Morgan fingerprint density at radius 2 is 1.71 bits per heavy atom. The summed E-state index contributed by atoms with van der Waals surface area (Å²) in [6.45, 7) is 7.27. The predicted molar refractivity (Wildman–Crippen MR) is 89.4 cm³/mol. The number of halogens is 1. The van der Waals surface area contributed by atoms with Gasteiger partial charge in [0.25, 0.3) is 0 Å². The maximum Gasteiger partial charge on any atom is 0.137 e. The smallest absolute Gasteiger partial charge is 0.137 e. The van der Waals surface area contributed by atoms with Crippen molar-refractivity contribution in [3.63, 3.8) is 0 Å². The third kappa shape index (κ3) is 3.58. The molecule has 21 heavy (non-hydrogen) atoms. The predicted octanol–water partition coefficient (Wildman–Crippen LogP) is 4.66. The lowest BCUT2D eigenvalue weighted by Crippen LogP contribution is -2.22. The summed E-state index contributed by atoms with van der Waals surface area (Å²) >= 11 is 6.26. The number of benzene rings is 2. The maximum absolute atomic E-state index is 6.26. The first kappa shape index (κ1) is 15.9. The molecule has 0 saturated carbocycles. The highest BCUT2D eigenvalue weighted by Crippen LogP contribution is 2.30. The van der Waals surface area contributed by atoms with Gasteiger partial charge in [-0.1, -0.05) is 42.8 Å². The van der Waals surface area contributed by atoms with Crippen molar-refractivity contribution in [1.82, 2.24) is 5.32 Å². The normalized spacial score (nSPS) is 12.2. The van der Waals surface area contributed by atoms with E-state index in [0.717, 1.165) is 12.1 Å². The third-order valence-electron chi connectivity index (χ3n) is 3.78. The van der Waals surface area contributed by atoms with Crippen molar-refractivity contribution in [3.8, 4) is 5.75 Å². The van der Waals surface area contributed by atoms with Crippen LogP contribution >= 0.6 is 11.6 Å². The molecular formula is C18H22ClNO. The fourth-order valence-corrected chi connectivity index (χ4v) is 2.70. The number of hydrogen-bond acceptors (Lipinski definition) is 2. The van der Waals surface area contributed by atoms with Crippen LogP contribution in [-0.4, -0.2) is 13.7 Å². The summed E-state index contributed by atoms with van der Waals surface area (Å²) < 4.78 is 5.23. The molecular weight excluding hydrogens is 282 g/mol. The van der Waals surface area contributed by atoms with Crippen molar-refractivity contribution in [2.24, 2.45) is 0 Å². The molecule has 1 unspecified atom stereocenters. The van der Waals surface area contributed by atoms with E-state index in [0.29, 0.717) is 10.8 Å². The topological polar surface area (TPSA) is 21.3 Å². The summed E-state index contributed by atoms with van der Waals surface area (Å²) in [6.07, 6.45) is 0. The van der Waals surface area contributed by atoms with Crippen LogP contribution in [-0.2, 0) is 0 Å². The molecule has 2 aromatic carbocycles. The van der Waals surface area contributed by atoms with E-state index in [1.54, 1.807) is 7.11 Å². The monoisotopic (exact) mass is 303 g/mol. The highest BCUT2D eigenvalue weighted by Gasteiger charge is 2.15. The van der Waals surface area contributed by atoms with E-state index in [9.17, 15) is 0 Å². The van der Waals surface area contributed by atoms with E-state index in [1.807, 2.05) is 12.1 Å². The van der Waals surface area contributed by atoms with E-state index >= 15 is 0 Å². The first-order valence-corrected chi connectivity index (χ1v) is 7.58. The quantitative estimate of drug-likeness (QED) is 0.867. The Bertz CT molecular complexity index is 625. The third-order valence-corrected chi connectivity index (χ3v) is 4.08. The van der Waals surface area contributed by atoms with Crippen LogP contribution in [0.15, 0.2) is 36.4 Å². The van der Waals surface area contributed by atoms with Gasteiger partial charge in [-0.25, -0.2) is 0 Å². The van der Waals surface area contributed by atoms with Gasteiger partial charge in [-0.3, -0.25) is 0 Å². The summed E-state index contributed by atoms with van der Waals surface area (Å²) in [5.74, 6) is 0.704. The molecule has 0 saturated heterocycles. The summed E-state index contributed by atoms with van der Waals surface area (Å²) in [6, 6.07) is 12.7. The Kier molecular flexibility index (Phi) is 5.27. The lowest BCUT2D eigenvalue weighted by atomic mass is 9.95. The summed E-state index contributed by atoms with van der Waals surface area (Å²) in [5, 5.41) is 4.17. The number of ether oxygens (including phenoxy) is 1. The Labute approximate surface area is 132 Å². The lowest BCUT2D eigenvalue weighted by molar-refractivity contribution is 0.414. The first-order chi connectivity index (χ1) is 10.1. The summed E-state index contributed by atoms with van der Waals surface area (Å²) in [5.41, 5.74) is 5.00. The Hall–Kier alpha value is -1.51. The molecule has 1 atom stereocenters. The minimum absolute atomic E-state index is 0.137. The van der Waals surface area contributed by atoms with Crippen molar-refractivity contribution in [3.05, 3.63) is 63.7 Å². The van der Waals surface area contributed by atoms with Crippen LogP contribution in [0.4, 0.5) is 0 Å². The molecule has 1 N–H and O–H groups in total. The van der Waals surface area contributed by atoms with Crippen LogP contribution in [0.3, 0.4) is 0 Å². The van der Waals surface area contributed by atoms with E-state index in [-0.39, 0.29) is 6.04 Å². The SMILES string of the molecule is CCNC(c1ccc(C)c(C)c1)c1ccc(OC)c(Cl)c1. The van der Waals surface area contributed by atoms with Gasteiger partial charge in [0.05, 0.1) is 18.2 Å². The zero-order valence-corrected chi connectivity index (χ0v) is 13.8. The molecule has 0 bridgehead atoms. The van der Waals surface area contributed by atoms with Crippen molar-refractivity contribution in [2.75, 3.05) is 13.7 Å². The Balaban J connectivity index is 2.42. The molecule has 0 aliphatic rings. The minimum atomic E-state index is 0.137. The number of methoxy groups -OCH3 is 1. The van der Waals surface area contributed by atoms with Gasteiger partial charge in [0.15, 0.2) is 0 Å². The molecule has 0 aliphatic heterocycles. The first-order valence-electron chi connectivity index (χ1n) is 7.20. The number of hydrogen-bond donors (Lipinski definition) is 1. The molecule has 0 radical (unpaired) electrons. The van der Waals surface area contributed by atoms with Crippen molar-refractivity contribution < 1.29 is 4.74 Å². The van der Waals surface area contributed by atoms with Gasteiger partial charge in [-0.2, -0.15) is 0 Å². The molecule has 0 heterocycles. The highest BCUT2D eigenvalue weighted by molar-refractivity contribution is 6.32. The van der Waals surface area contributed by atoms with Crippen LogP contribution in [0, 0.1) is 13.8 Å². The van der Waals surface area contributed by atoms with Gasteiger partial charge in [0, 0.05) is 0 Å². The summed E-state index contributed by atoms with van der Waals surface area (Å²) in [7, 11) is 1.63. The second-order valence-electron chi connectivity index (χ2n) is 5.23. The van der Waals surface area contributed by atoms with Crippen LogP contribution in [0.5, 0.6) is 5.75 Å². The van der Waals surface area contributed by atoms with Gasteiger partial charge >= 0.3 is 0 Å². The lowest BCUT2D eigenvalue weighted by Gasteiger charge is -2.21. The van der Waals surface area contributed by atoms with Gasteiger partial charge in [-0.15, -0.1) is 0 Å². The highest BCUT2D eigenvalue weighted by atomic mass is 35.5. The van der Waals surface area contributed by atoms with E-state index in [1.165, 1.54) is 16.7 Å². The van der Waals surface area contributed by atoms with Gasteiger partial charge < -0.3 is 10.1 Å². The van der Waals surface area contributed by atoms with Crippen molar-refractivity contribution in [2.45, 2.75) is 26.8 Å². The van der Waals surface area contributed by atoms with Crippen LogP contribution in [0.2, 0.25) is 5.02 Å². The second-order valence-corrected chi connectivity index (χ2v) is 5.64. The average Bonchev–Trinajstić information content (AvgIpc) is 2.48. The molecule has 0 aromatic heterocycles. The Morgan fingerprint density at radius 3 is 2.29 bits per heavy atom.